The Kier molecular flexibility index (Phi) is 6.75. The summed E-state index contributed by atoms with van der Waals surface area (Å²) in [5, 5.41) is 3.58. The monoisotopic (exact) mass is 512 g/mol. The van der Waals surface area contributed by atoms with Crippen LogP contribution < -0.4 is 5.09 Å². The molecule has 0 spiro atoms. The number of fused-ring (bicyclic) bond motifs is 1. The summed E-state index contributed by atoms with van der Waals surface area (Å²) in [5.41, 5.74) is -0.501. The lowest BCUT2D eigenvalue weighted by Crippen LogP contribution is -2.47. The number of hydrogen-bond donors (Lipinski definition) is 1. The van der Waals surface area contributed by atoms with Crippen molar-refractivity contribution >= 4 is 19.5 Å². The zero-order valence-electron chi connectivity index (χ0n) is 21.8. The molecule has 1 aromatic heterocycles. The maximum Gasteiger partial charge on any atom is 0.342 e. The Morgan fingerprint density at radius 1 is 1.00 bits per heavy atom. The van der Waals surface area contributed by atoms with Crippen molar-refractivity contribution in [1.29, 1.82) is 0 Å². The lowest BCUT2D eigenvalue weighted by atomic mass is 9.88. The zero-order chi connectivity index (χ0) is 25.7. The van der Waals surface area contributed by atoms with Gasteiger partial charge in [0.15, 0.2) is 11.3 Å². The average molecular weight is 513 g/mol. The van der Waals surface area contributed by atoms with E-state index in [9.17, 15) is 4.79 Å². The van der Waals surface area contributed by atoms with Crippen molar-refractivity contribution in [2.24, 2.45) is 4.99 Å². The number of carbonyl (C=O) groups excluding carboxylic acids is 1. The molecule has 2 aliphatic heterocycles. The maximum absolute atomic E-state index is 15.3. The Bertz CT molecular complexity index is 1140. The molecule has 36 heavy (non-hydrogen) atoms. The number of rotatable bonds is 7. The molecule has 3 aliphatic rings. The van der Waals surface area contributed by atoms with Gasteiger partial charge in [0.1, 0.15) is 0 Å². The fraction of sp³-hybridized carbons (Fsp3) is 0.556. The third-order valence-corrected chi connectivity index (χ3v) is 11.1. The van der Waals surface area contributed by atoms with E-state index in [-0.39, 0.29) is 30.1 Å². The maximum atomic E-state index is 15.3. The van der Waals surface area contributed by atoms with Crippen molar-refractivity contribution < 1.29 is 18.5 Å². The topological polar surface area (TPSA) is 87.4 Å². The highest BCUT2D eigenvalue weighted by Gasteiger charge is 2.60. The summed E-state index contributed by atoms with van der Waals surface area (Å²) in [6, 6.07) is 13.0. The van der Waals surface area contributed by atoms with Gasteiger partial charge in [0, 0.05) is 24.2 Å². The Labute approximate surface area is 213 Å². The predicted molar refractivity (Wildman–Crippen MR) is 140 cm³/mol. The molecule has 3 heterocycles. The number of carbonyl (C=O) groups is 1. The molecule has 0 radical (unpaired) electrons. The van der Waals surface area contributed by atoms with Crippen LogP contribution in [0.1, 0.15) is 77.7 Å². The minimum absolute atomic E-state index is 0.0691. The van der Waals surface area contributed by atoms with E-state index in [0.717, 1.165) is 31.2 Å². The van der Waals surface area contributed by atoms with Gasteiger partial charge in [0.25, 0.3) is 13.5 Å². The van der Waals surface area contributed by atoms with E-state index in [2.05, 4.69) is 42.1 Å². The van der Waals surface area contributed by atoms with Gasteiger partial charge in [-0.15, -0.1) is 0 Å². The normalized spacial score (nSPS) is 29.4. The van der Waals surface area contributed by atoms with E-state index < -0.39 is 25.1 Å². The Balaban J connectivity index is 1.62. The smallest absolute Gasteiger partial charge is 0.342 e. The molecule has 4 atom stereocenters. The number of cyclic esters (lactones) is 1. The molecule has 1 aromatic carbocycles. The van der Waals surface area contributed by atoms with Crippen LogP contribution >= 0.6 is 7.59 Å². The fourth-order valence-electron chi connectivity index (χ4n) is 6.25. The van der Waals surface area contributed by atoms with Gasteiger partial charge in [-0.3, -0.25) is 4.57 Å². The van der Waals surface area contributed by atoms with Crippen molar-refractivity contribution in [2.75, 3.05) is 0 Å². The first-order chi connectivity index (χ1) is 17.2. The van der Waals surface area contributed by atoms with Gasteiger partial charge in [-0.25, -0.2) is 24.2 Å². The minimum atomic E-state index is -3.31. The van der Waals surface area contributed by atoms with Gasteiger partial charge in [-0.2, -0.15) is 0 Å². The molecule has 5 rings (SSSR count). The van der Waals surface area contributed by atoms with E-state index in [4.69, 9.17) is 14.1 Å². The fourth-order valence-corrected chi connectivity index (χ4v) is 10.1. The second kappa shape index (κ2) is 9.56. The van der Waals surface area contributed by atoms with Crippen molar-refractivity contribution in [3.8, 4) is 0 Å². The van der Waals surface area contributed by atoms with Crippen LogP contribution in [0.15, 0.2) is 58.1 Å². The minimum Gasteiger partial charge on any atom is -0.459 e. The van der Waals surface area contributed by atoms with Crippen LogP contribution in [-0.2, 0) is 14.1 Å². The van der Waals surface area contributed by atoms with Crippen LogP contribution in [0.25, 0.3) is 0 Å². The molecular weight excluding hydrogens is 475 g/mol. The van der Waals surface area contributed by atoms with E-state index in [0.29, 0.717) is 5.76 Å². The Hall–Kier alpha value is -2.25. The van der Waals surface area contributed by atoms with Crippen LogP contribution in [0.4, 0.5) is 0 Å². The zero-order valence-corrected chi connectivity index (χ0v) is 22.7. The number of benzene rings is 1. The first-order valence-electron chi connectivity index (χ1n) is 13.0. The van der Waals surface area contributed by atoms with Crippen LogP contribution in [0, 0.1) is 0 Å². The number of nitrogens with zero attached hydrogens (tertiary/aromatic N) is 3. The molecule has 1 aliphatic carbocycles. The van der Waals surface area contributed by atoms with E-state index in [1.54, 1.807) is 19.1 Å². The molecule has 1 N–H and O–H groups in total. The van der Waals surface area contributed by atoms with Crippen LogP contribution in [0.5, 0.6) is 0 Å². The van der Waals surface area contributed by atoms with E-state index >= 15 is 4.57 Å². The predicted octanol–water partition coefficient (Wildman–Crippen LogP) is 5.53. The number of ether oxygens (including phenoxy) is 1. The molecule has 1 saturated heterocycles. The summed E-state index contributed by atoms with van der Waals surface area (Å²) >= 11 is 0. The van der Waals surface area contributed by atoms with Gasteiger partial charge >= 0.3 is 5.97 Å². The first-order valence-corrected chi connectivity index (χ1v) is 14.6. The summed E-state index contributed by atoms with van der Waals surface area (Å²) < 4.78 is 30.8. The molecule has 0 unspecified atom stereocenters. The standard InChI is InChI=1S/C27H37N4O4P/c1-18(2)30-21-14-9-10-15-22(21)31(19(3)4)36(30,33)29-24(20-12-7-6-8-13-20)27(5)26(32)35-25(28-27)23-16-11-17-34-23/h6-8,11-13,16-19,21-22,24H,9-10,14-15H2,1-5H3,(H,29,33)/t21-,22-,24-,27+/m1/s1. The quantitative estimate of drug-likeness (QED) is 0.386. The van der Waals surface area contributed by atoms with Crippen molar-refractivity contribution in [3.63, 3.8) is 0 Å². The lowest BCUT2D eigenvalue weighted by molar-refractivity contribution is -0.139. The molecule has 9 heteroatoms. The van der Waals surface area contributed by atoms with Crippen LogP contribution in [0.3, 0.4) is 0 Å². The Morgan fingerprint density at radius 2 is 1.61 bits per heavy atom. The lowest BCUT2D eigenvalue weighted by Gasteiger charge is -2.41. The second-order valence-electron chi connectivity index (χ2n) is 10.8. The van der Waals surface area contributed by atoms with Crippen LogP contribution in [0.2, 0.25) is 0 Å². The highest BCUT2D eigenvalue weighted by atomic mass is 31.2. The second-order valence-corrected chi connectivity index (χ2v) is 13.1. The SMILES string of the molecule is CC(C)N1[C@@H]2CCCC[C@H]2N(C(C)C)P1(=O)N[C@H](c1ccccc1)[C@]1(C)N=C(c2ccco2)OC1=O. The molecule has 2 aromatic rings. The average Bonchev–Trinajstić information content (AvgIpc) is 3.54. The highest BCUT2D eigenvalue weighted by Crippen LogP contribution is 2.64. The van der Waals surface area contributed by atoms with Gasteiger partial charge in [-0.1, -0.05) is 43.2 Å². The van der Waals surface area contributed by atoms with E-state index in [1.807, 2.05) is 30.3 Å². The molecule has 1 saturated carbocycles. The number of hydrogen-bond acceptors (Lipinski definition) is 5. The van der Waals surface area contributed by atoms with E-state index in [1.165, 1.54) is 6.26 Å². The summed E-state index contributed by atoms with van der Waals surface area (Å²) in [7, 11) is -3.31. The van der Waals surface area contributed by atoms with Gasteiger partial charge in [0.2, 0.25) is 0 Å². The summed E-state index contributed by atoms with van der Waals surface area (Å²) in [5.74, 6) is 0.0470. The van der Waals surface area contributed by atoms with Crippen molar-refractivity contribution in [2.45, 2.75) is 96.1 Å². The van der Waals surface area contributed by atoms with Gasteiger partial charge in [0.05, 0.1) is 12.3 Å². The molecule has 194 valence electrons. The summed E-state index contributed by atoms with van der Waals surface area (Å²) in [4.78, 5) is 18.2. The number of esters is 1. The van der Waals surface area contributed by atoms with Crippen molar-refractivity contribution in [3.05, 3.63) is 60.1 Å². The molecule has 0 amide bonds. The first kappa shape index (κ1) is 25.4. The number of aliphatic imine (C=N–C) groups is 1. The summed E-state index contributed by atoms with van der Waals surface area (Å²) in [6.07, 6.45) is 5.84. The van der Waals surface area contributed by atoms with Crippen LogP contribution in [-0.4, -0.2) is 50.9 Å². The van der Waals surface area contributed by atoms with Crippen molar-refractivity contribution in [1.82, 2.24) is 14.4 Å². The molecule has 0 bridgehead atoms. The molecular formula is C27H37N4O4P. The largest absolute Gasteiger partial charge is 0.459 e. The van der Waals surface area contributed by atoms with Gasteiger partial charge < -0.3 is 9.15 Å². The molecule has 2 fully saturated rings. The third-order valence-electron chi connectivity index (χ3n) is 7.72. The highest BCUT2D eigenvalue weighted by molar-refractivity contribution is 7.57. The summed E-state index contributed by atoms with van der Waals surface area (Å²) in [6.45, 7) is 10.2. The van der Waals surface area contributed by atoms with Gasteiger partial charge in [-0.05, 0) is 65.2 Å². The third kappa shape index (κ3) is 4.08. The number of nitrogens with one attached hydrogen (secondary N) is 1. The molecule has 8 nitrogen and oxygen atoms in total. The Morgan fingerprint density at radius 3 is 2.14 bits per heavy atom. The number of furan rings is 1.